The molecule has 2 aromatic rings. The molecule has 0 amide bonds. The van der Waals surface area contributed by atoms with Gasteiger partial charge < -0.3 is 5.73 Å². The van der Waals surface area contributed by atoms with E-state index in [1.165, 1.54) is 36.2 Å². The van der Waals surface area contributed by atoms with Crippen molar-refractivity contribution in [3.8, 4) is 0 Å². The number of ketones is 1. The molecule has 19 heavy (non-hydrogen) atoms. The lowest BCUT2D eigenvalue weighted by atomic mass is 9.77. The third kappa shape index (κ3) is 2.54. The second-order valence-electron chi connectivity index (χ2n) is 4.99. The summed E-state index contributed by atoms with van der Waals surface area (Å²) in [5.41, 5.74) is 8.44. The van der Waals surface area contributed by atoms with Gasteiger partial charge in [-0.1, -0.05) is 30.7 Å². The molecule has 1 heterocycles. The zero-order chi connectivity index (χ0) is 13.2. The summed E-state index contributed by atoms with van der Waals surface area (Å²) in [6.07, 6.45) is 4.02. The van der Waals surface area contributed by atoms with Gasteiger partial charge in [-0.3, -0.25) is 4.79 Å². The molecule has 0 radical (unpaired) electrons. The third-order valence-corrected chi connectivity index (χ3v) is 4.44. The van der Waals surface area contributed by atoms with Gasteiger partial charge in [-0.2, -0.15) is 0 Å². The molecular formula is C15H16N2OS. The van der Waals surface area contributed by atoms with E-state index in [-0.39, 0.29) is 5.78 Å². The number of hydrogen-bond acceptors (Lipinski definition) is 4. The van der Waals surface area contributed by atoms with Crippen molar-refractivity contribution in [2.24, 2.45) is 0 Å². The highest BCUT2D eigenvalue weighted by Gasteiger charge is 2.24. The summed E-state index contributed by atoms with van der Waals surface area (Å²) in [6, 6.07) is 7.98. The van der Waals surface area contributed by atoms with Gasteiger partial charge in [0.25, 0.3) is 0 Å². The molecule has 1 aromatic heterocycles. The Morgan fingerprint density at radius 1 is 1.37 bits per heavy atom. The van der Waals surface area contributed by atoms with Gasteiger partial charge in [-0.25, -0.2) is 4.98 Å². The van der Waals surface area contributed by atoms with E-state index in [4.69, 9.17) is 5.73 Å². The number of aromatic nitrogens is 1. The first-order valence-electron chi connectivity index (χ1n) is 6.56. The summed E-state index contributed by atoms with van der Waals surface area (Å²) in [7, 11) is 0. The number of nitrogen functional groups attached to an aromatic ring is 1. The summed E-state index contributed by atoms with van der Waals surface area (Å²) in [4.78, 5) is 16.6. The molecule has 3 rings (SSSR count). The maximum atomic E-state index is 12.4. The number of benzene rings is 1. The molecule has 0 bridgehead atoms. The Morgan fingerprint density at radius 2 is 2.16 bits per heavy atom. The van der Waals surface area contributed by atoms with E-state index < -0.39 is 0 Å². The van der Waals surface area contributed by atoms with E-state index in [1.54, 1.807) is 0 Å². The average molecular weight is 272 g/mol. The molecule has 0 atom stereocenters. The molecule has 3 nitrogen and oxygen atoms in total. The molecule has 1 aliphatic rings. The van der Waals surface area contributed by atoms with Crippen LogP contribution in [0.15, 0.2) is 29.6 Å². The van der Waals surface area contributed by atoms with E-state index >= 15 is 0 Å². The topological polar surface area (TPSA) is 56.0 Å². The van der Waals surface area contributed by atoms with Gasteiger partial charge >= 0.3 is 0 Å². The molecule has 1 saturated carbocycles. The highest BCUT2D eigenvalue weighted by Crippen LogP contribution is 2.38. The molecule has 4 heteroatoms. The van der Waals surface area contributed by atoms with Crippen LogP contribution in [0.5, 0.6) is 0 Å². The van der Waals surface area contributed by atoms with Crippen molar-refractivity contribution in [1.29, 1.82) is 0 Å². The fraction of sp³-hybridized carbons (Fsp3) is 0.333. The van der Waals surface area contributed by atoms with Crippen LogP contribution < -0.4 is 5.73 Å². The monoisotopic (exact) mass is 272 g/mol. The van der Waals surface area contributed by atoms with Crippen LogP contribution >= 0.6 is 11.3 Å². The van der Waals surface area contributed by atoms with Crippen LogP contribution in [-0.4, -0.2) is 10.8 Å². The maximum Gasteiger partial charge on any atom is 0.180 e. The maximum absolute atomic E-state index is 12.4. The number of rotatable bonds is 4. The quantitative estimate of drug-likeness (QED) is 0.868. The van der Waals surface area contributed by atoms with Crippen molar-refractivity contribution < 1.29 is 4.79 Å². The second-order valence-corrected chi connectivity index (χ2v) is 5.88. The van der Waals surface area contributed by atoms with Crippen LogP contribution in [0.25, 0.3) is 0 Å². The predicted octanol–water partition coefficient (Wildman–Crippen LogP) is 3.42. The summed E-state index contributed by atoms with van der Waals surface area (Å²) >= 11 is 1.38. The van der Waals surface area contributed by atoms with Crippen molar-refractivity contribution >= 4 is 22.3 Å². The minimum atomic E-state index is 0.146. The Bertz CT molecular complexity index is 602. The van der Waals surface area contributed by atoms with E-state index in [0.717, 1.165) is 11.3 Å². The molecule has 0 saturated heterocycles. The van der Waals surface area contributed by atoms with Crippen molar-refractivity contribution in [3.05, 3.63) is 46.5 Å². The number of anilines is 1. The Kier molecular flexibility index (Phi) is 3.34. The van der Waals surface area contributed by atoms with Gasteiger partial charge in [-0.05, 0) is 24.3 Å². The molecule has 0 aliphatic heterocycles. The van der Waals surface area contributed by atoms with Crippen LogP contribution in [0.1, 0.15) is 46.8 Å². The molecule has 1 fully saturated rings. The lowest BCUT2D eigenvalue weighted by molar-refractivity contribution is 0.0990. The first-order valence-corrected chi connectivity index (χ1v) is 7.44. The van der Waals surface area contributed by atoms with Crippen LogP contribution in [0.4, 0.5) is 5.13 Å². The number of thiazole rings is 1. The van der Waals surface area contributed by atoms with Crippen molar-refractivity contribution in [3.63, 3.8) is 0 Å². The Hall–Kier alpha value is -1.68. The number of nitrogens with zero attached hydrogens (tertiary/aromatic N) is 1. The smallest absolute Gasteiger partial charge is 0.180 e. The largest absolute Gasteiger partial charge is 0.375 e. The minimum absolute atomic E-state index is 0.146. The lowest BCUT2D eigenvalue weighted by Gasteiger charge is -2.27. The molecule has 1 aromatic carbocycles. The van der Waals surface area contributed by atoms with E-state index in [2.05, 4.69) is 11.1 Å². The molecule has 0 spiro atoms. The van der Waals surface area contributed by atoms with Crippen LogP contribution in [0.3, 0.4) is 0 Å². The lowest BCUT2D eigenvalue weighted by Crippen LogP contribution is -2.15. The molecule has 2 N–H and O–H groups in total. The first-order chi connectivity index (χ1) is 9.24. The standard InChI is InChI=1S/C15H16N2OS/c16-15-17-11(9-19-15)8-14(18)13-7-2-1-6-12(13)10-4-3-5-10/h1-2,6-7,9-10H,3-5,8H2,(H2,16,17). The van der Waals surface area contributed by atoms with Crippen LogP contribution in [0.2, 0.25) is 0 Å². The van der Waals surface area contributed by atoms with Gasteiger partial charge in [0.15, 0.2) is 10.9 Å². The van der Waals surface area contributed by atoms with Crippen LogP contribution in [0, 0.1) is 0 Å². The fourth-order valence-electron chi connectivity index (χ4n) is 2.49. The molecular weight excluding hydrogens is 256 g/mol. The molecule has 98 valence electrons. The Labute approximate surface area is 116 Å². The molecule has 0 unspecified atom stereocenters. The highest BCUT2D eigenvalue weighted by molar-refractivity contribution is 7.13. The predicted molar refractivity (Wildman–Crippen MR) is 77.6 cm³/mol. The van der Waals surface area contributed by atoms with Gasteiger partial charge in [-0.15, -0.1) is 11.3 Å². The zero-order valence-corrected chi connectivity index (χ0v) is 11.5. The summed E-state index contributed by atoms with van der Waals surface area (Å²) in [6.45, 7) is 0. The van der Waals surface area contributed by atoms with E-state index in [1.807, 2.05) is 23.6 Å². The van der Waals surface area contributed by atoms with E-state index in [9.17, 15) is 4.79 Å². The summed E-state index contributed by atoms with van der Waals surface area (Å²) < 4.78 is 0. The summed E-state index contributed by atoms with van der Waals surface area (Å²) in [5.74, 6) is 0.716. The van der Waals surface area contributed by atoms with Crippen molar-refractivity contribution in [2.75, 3.05) is 5.73 Å². The SMILES string of the molecule is Nc1nc(CC(=O)c2ccccc2C2CCC2)cs1. The number of carbonyl (C=O) groups excluding carboxylic acids is 1. The highest BCUT2D eigenvalue weighted by atomic mass is 32.1. The van der Waals surface area contributed by atoms with Crippen molar-refractivity contribution in [2.45, 2.75) is 31.6 Å². The van der Waals surface area contributed by atoms with Gasteiger partial charge in [0.1, 0.15) is 0 Å². The number of nitrogens with two attached hydrogens (primary N) is 1. The van der Waals surface area contributed by atoms with E-state index in [0.29, 0.717) is 17.5 Å². The van der Waals surface area contributed by atoms with Crippen LogP contribution in [-0.2, 0) is 6.42 Å². The average Bonchev–Trinajstić information content (AvgIpc) is 2.73. The second kappa shape index (κ2) is 5.13. The fourth-order valence-corrected chi connectivity index (χ4v) is 3.05. The third-order valence-electron chi connectivity index (χ3n) is 3.72. The first kappa shape index (κ1) is 12.4. The van der Waals surface area contributed by atoms with Crippen molar-refractivity contribution in [1.82, 2.24) is 4.98 Å². The Morgan fingerprint density at radius 3 is 2.79 bits per heavy atom. The Balaban J connectivity index is 1.83. The number of carbonyl (C=O) groups is 1. The molecule has 1 aliphatic carbocycles. The van der Waals surface area contributed by atoms with Gasteiger partial charge in [0, 0.05) is 10.9 Å². The number of Topliss-reactive ketones (excluding diaryl/α,β-unsaturated/α-hetero) is 1. The van der Waals surface area contributed by atoms with Gasteiger partial charge in [0.2, 0.25) is 0 Å². The number of hydrogen-bond donors (Lipinski definition) is 1. The summed E-state index contributed by atoms with van der Waals surface area (Å²) in [5, 5.41) is 2.38. The van der Waals surface area contributed by atoms with Gasteiger partial charge in [0.05, 0.1) is 12.1 Å². The minimum Gasteiger partial charge on any atom is -0.375 e. The zero-order valence-electron chi connectivity index (χ0n) is 10.6. The normalized spacial score (nSPS) is 15.2.